The summed E-state index contributed by atoms with van der Waals surface area (Å²) in [5.41, 5.74) is 3.28. The number of ether oxygens (including phenoxy) is 1. The van der Waals surface area contributed by atoms with Gasteiger partial charge in [-0.15, -0.1) is 0 Å². The van der Waals surface area contributed by atoms with Crippen LogP contribution in [0.2, 0.25) is 0 Å². The van der Waals surface area contributed by atoms with Gasteiger partial charge in [0.25, 0.3) is 0 Å². The lowest BCUT2D eigenvalue weighted by Gasteiger charge is -2.33. The van der Waals surface area contributed by atoms with E-state index in [0.717, 1.165) is 54.5 Å². The van der Waals surface area contributed by atoms with Crippen molar-refractivity contribution in [2.75, 3.05) is 26.2 Å². The van der Waals surface area contributed by atoms with Gasteiger partial charge < -0.3 is 9.64 Å². The summed E-state index contributed by atoms with van der Waals surface area (Å²) in [5, 5.41) is 0. The molecule has 0 radical (unpaired) electrons. The van der Waals surface area contributed by atoms with Crippen LogP contribution < -0.4 is 4.74 Å². The first kappa shape index (κ1) is 24.7. The first-order valence-electron chi connectivity index (χ1n) is 12.4. The smallest absolute Gasteiger partial charge is 0.243 e. The minimum Gasteiger partial charge on any atom is -0.490 e. The number of hydrogen-bond donors (Lipinski definition) is 0. The third-order valence-electron chi connectivity index (χ3n) is 6.99. The van der Waals surface area contributed by atoms with Crippen LogP contribution in [-0.4, -0.2) is 55.8 Å². The normalized spacial score (nSPS) is 18.1. The molecular formula is C27H36N2O4S. The molecule has 6 nitrogen and oxygen atoms in total. The van der Waals surface area contributed by atoms with Crippen LogP contribution in [0.1, 0.15) is 55.2 Å². The number of benzene rings is 2. The third kappa shape index (κ3) is 5.81. The van der Waals surface area contributed by atoms with E-state index in [0.29, 0.717) is 43.9 Å². The molecule has 0 saturated carbocycles. The number of sulfonamides is 1. The Morgan fingerprint density at radius 3 is 2.15 bits per heavy atom. The molecule has 0 unspecified atom stereocenters. The molecule has 0 spiro atoms. The van der Waals surface area contributed by atoms with Crippen LogP contribution in [-0.2, 0) is 21.2 Å². The molecule has 34 heavy (non-hydrogen) atoms. The summed E-state index contributed by atoms with van der Waals surface area (Å²) in [5.74, 6) is 1.12. The van der Waals surface area contributed by atoms with Crippen molar-refractivity contribution in [3.8, 4) is 5.75 Å². The second-order valence-corrected chi connectivity index (χ2v) is 11.5. The van der Waals surface area contributed by atoms with Gasteiger partial charge in [-0.3, -0.25) is 4.79 Å². The molecule has 0 bridgehead atoms. The number of hydrogen-bond acceptors (Lipinski definition) is 4. The van der Waals surface area contributed by atoms with Crippen LogP contribution in [0.5, 0.6) is 5.75 Å². The van der Waals surface area contributed by atoms with E-state index in [9.17, 15) is 13.2 Å². The molecular weight excluding hydrogens is 448 g/mol. The molecule has 2 aromatic carbocycles. The van der Waals surface area contributed by atoms with E-state index in [4.69, 9.17) is 4.74 Å². The zero-order chi connectivity index (χ0) is 24.1. The number of aryl methyl sites for hydroxylation is 3. The average Bonchev–Trinajstić information content (AvgIpc) is 2.86. The molecule has 0 aromatic heterocycles. The Kier molecular flexibility index (Phi) is 7.94. The molecule has 0 N–H and O–H groups in total. The van der Waals surface area contributed by atoms with E-state index in [-0.39, 0.29) is 12.0 Å². The Labute approximate surface area is 204 Å². The highest BCUT2D eigenvalue weighted by Gasteiger charge is 2.26. The minimum absolute atomic E-state index is 0.137. The van der Waals surface area contributed by atoms with E-state index >= 15 is 0 Å². The van der Waals surface area contributed by atoms with Gasteiger partial charge in [0, 0.05) is 45.4 Å². The molecule has 2 heterocycles. The first-order chi connectivity index (χ1) is 16.3. The number of nitrogens with zero attached hydrogens (tertiary/aromatic N) is 2. The summed E-state index contributed by atoms with van der Waals surface area (Å²) in [7, 11) is -3.41. The minimum atomic E-state index is -3.41. The standard InChI is InChI=1S/C27H36N2O4S/c1-21-7-6-8-22(2)27(21)33-24-15-19-28(20-16-24)26(30)14-11-23-9-12-25(13-10-23)34(31,32)29-17-4-3-5-18-29/h6-10,12-13,24H,3-5,11,14-20H2,1-2H3. The van der Waals surface area contributed by atoms with E-state index in [2.05, 4.69) is 26.0 Å². The van der Waals surface area contributed by atoms with Gasteiger partial charge >= 0.3 is 0 Å². The SMILES string of the molecule is Cc1cccc(C)c1OC1CCN(C(=O)CCc2ccc(S(=O)(=O)N3CCCCC3)cc2)CC1. The lowest BCUT2D eigenvalue weighted by Crippen LogP contribution is -2.42. The van der Waals surface area contributed by atoms with Crippen LogP contribution >= 0.6 is 0 Å². The second-order valence-electron chi connectivity index (χ2n) is 9.53. The van der Waals surface area contributed by atoms with E-state index in [1.165, 1.54) is 0 Å². The van der Waals surface area contributed by atoms with Gasteiger partial charge in [-0.25, -0.2) is 8.42 Å². The lowest BCUT2D eigenvalue weighted by molar-refractivity contribution is -0.132. The molecule has 4 rings (SSSR count). The molecule has 7 heteroatoms. The third-order valence-corrected chi connectivity index (χ3v) is 8.90. The van der Waals surface area contributed by atoms with Crippen molar-refractivity contribution < 1.29 is 17.9 Å². The zero-order valence-electron chi connectivity index (χ0n) is 20.3. The molecule has 1 amide bonds. The summed E-state index contributed by atoms with van der Waals surface area (Å²) in [6, 6.07) is 13.2. The van der Waals surface area contributed by atoms with Crippen molar-refractivity contribution >= 4 is 15.9 Å². The van der Waals surface area contributed by atoms with Crippen molar-refractivity contribution in [3.05, 3.63) is 59.2 Å². The van der Waals surface area contributed by atoms with Crippen molar-refractivity contribution in [1.29, 1.82) is 0 Å². The topological polar surface area (TPSA) is 66.9 Å². The quantitative estimate of drug-likeness (QED) is 0.581. The van der Waals surface area contributed by atoms with Crippen molar-refractivity contribution in [3.63, 3.8) is 0 Å². The van der Waals surface area contributed by atoms with E-state index < -0.39 is 10.0 Å². The van der Waals surface area contributed by atoms with Crippen molar-refractivity contribution in [1.82, 2.24) is 9.21 Å². The van der Waals surface area contributed by atoms with Crippen molar-refractivity contribution in [2.24, 2.45) is 0 Å². The fourth-order valence-electron chi connectivity index (χ4n) is 4.87. The summed E-state index contributed by atoms with van der Waals surface area (Å²) < 4.78 is 33.5. The highest BCUT2D eigenvalue weighted by atomic mass is 32.2. The first-order valence-corrected chi connectivity index (χ1v) is 13.9. The molecule has 0 aliphatic carbocycles. The number of carbonyl (C=O) groups is 1. The Balaban J connectivity index is 1.25. The molecule has 2 aromatic rings. The number of likely N-dealkylation sites (tertiary alicyclic amines) is 1. The summed E-state index contributed by atoms with van der Waals surface area (Å²) in [4.78, 5) is 15.0. The summed E-state index contributed by atoms with van der Waals surface area (Å²) >= 11 is 0. The van der Waals surface area contributed by atoms with Gasteiger partial charge in [0.1, 0.15) is 11.9 Å². The predicted octanol–water partition coefficient (Wildman–Crippen LogP) is 4.48. The van der Waals surface area contributed by atoms with Crippen LogP contribution in [0.4, 0.5) is 0 Å². The van der Waals surface area contributed by atoms with E-state index in [1.54, 1.807) is 16.4 Å². The zero-order valence-corrected chi connectivity index (χ0v) is 21.1. The van der Waals surface area contributed by atoms with Gasteiger partial charge in [-0.2, -0.15) is 4.31 Å². The maximum Gasteiger partial charge on any atom is 0.243 e. The lowest BCUT2D eigenvalue weighted by atomic mass is 10.0. The maximum atomic E-state index is 12.8. The predicted molar refractivity (Wildman–Crippen MR) is 134 cm³/mol. The molecule has 2 aliphatic rings. The Morgan fingerprint density at radius 2 is 1.53 bits per heavy atom. The van der Waals surface area contributed by atoms with Crippen LogP contribution in [0.25, 0.3) is 0 Å². The summed E-state index contributed by atoms with van der Waals surface area (Å²) in [6.07, 6.45) is 5.80. The van der Waals surface area contributed by atoms with Gasteiger partial charge in [0.05, 0.1) is 4.90 Å². The van der Waals surface area contributed by atoms with Crippen molar-refractivity contribution in [2.45, 2.75) is 69.8 Å². The largest absolute Gasteiger partial charge is 0.490 e. The molecule has 2 saturated heterocycles. The highest BCUT2D eigenvalue weighted by molar-refractivity contribution is 7.89. The molecule has 184 valence electrons. The van der Waals surface area contributed by atoms with Gasteiger partial charge in [-0.05, 0) is 61.9 Å². The summed E-state index contributed by atoms with van der Waals surface area (Å²) in [6.45, 7) is 6.76. The highest BCUT2D eigenvalue weighted by Crippen LogP contribution is 2.27. The second kappa shape index (κ2) is 10.9. The number of para-hydroxylation sites is 1. The van der Waals surface area contributed by atoms with Gasteiger partial charge in [0.2, 0.25) is 15.9 Å². The molecule has 2 fully saturated rings. The van der Waals surface area contributed by atoms with E-state index in [1.807, 2.05) is 23.1 Å². The number of carbonyl (C=O) groups excluding carboxylic acids is 1. The maximum absolute atomic E-state index is 12.8. The van der Waals surface area contributed by atoms with Crippen LogP contribution in [0.15, 0.2) is 47.4 Å². The number of rotatable bonds is 7. The molecule has 0 atom stereocenters. The monoisotopic (exact) mass is 484 g/mol. The van der Waals surface area contributed by atoms with Crippen LogP contribution in [0, 0.1) is 13.8 Å². The Hall–Kier alpha value is -2.38. The number of piperidine rings is 2. The number of amides is 1. The average molecular weight is 485 g/mol. The van der Waals surface area contributed by atoms with Crippen LogP contribution in [0.3, 0.4) is 0 Å². The Bertz CT molecular complexity index is 1060. The van der Waals surface area contributed by atoms with Gasteiger partial charge in [0.15, 0.2) is 0 Å². The van der Waals surface area contributed by atoms with Gasteiger partial charge in [-0.1, -0.05) is 36.8 Å². The molecule has 2 aliphatic heterocycles. The fraction of sp³-hybridized carbons (Fsp3) is 0.519. The fourth-order valence-corrected chi connectivity index (χ4v) is 6.38. The Morgan fingerprint density at radius 1 is 0.912 bits per heavy atom.